The van der Waals surface area contributed by atoms with Crippen LogP contribution >= 0.6 is 0 Å². The first-order chi connectivity index (χ1) is 13.0. The molecule has 0 radical (unpaired) electrons. The first-order valence-corrected chi connectivity index (χ1v) is 8.93. The zero-order valence-corrected chi connectivity index (χ0v) is 16.0. The molecular formula is C21H26N2O4. The third-order valence-corrected chi connectivity index (χ3v) is 4.10. The van der Waals surface area contributed by atoms with Gasteiger partial charge >= 0.3 is 5.97 Å². The van der Waals surface area contributed by atoms with Crippen LogP contribution in [0.25, 0.3) is 0 Å². The predicted octanol–water partition coefficient (Wildman–Crippen LogP) is 2.80. The number of nitrogens with one attached hydrogen (secondary N) is 1. The number of aryl methyl sites for hydroxylation is 1. The summed E-state index contributed by atoms with van der Waals surface area (Å²) >= 11 is 0. The lowest BCUT2D eigenvalue weighted by Crippen LogP contribution is -2.37. The summed E-state index contributed by atoms with van der Waals surface area (Å²) in [5.41, 5.74) is 2.79. The number of rotatable bonds is 9. The molecule has 0 aliphatic carbocycles. The van der Waals surface area contributed by atoms with E-state index < -0.39 is 5.97 Å². The highest BCUT2D eigenvalue weighted by Crippen LogP contribution is 2.15. The number of hydrogen-bond acceptors (Lipinski definition) is 5. The van der Waals surface area contributed by atoms with E-state index >= 15 is 0 Å². The van der Waals surface area contributed by atoms with Crippen molar-refractivity contribution in [1.82, 2.24) is 5.32 Å². The quantitative estimate of drug-likeness (QED) is 0.688. The van der Waals surface area contributed by atoms with Crippen LogP contribution < -0.4 is 15.0 Å². The fraction of sp³-hybridized carbons (Fsp3) is 0.333. The minimum Gasteiger partial charge on any atom is -0.484 e. The number of anilines is 1. The Hall–Kier alpha value is -3.02. The second kappa shape index (κ2) is 10.2. The molecule has 2 aromatic carbocycles. The summed E-state index contributed by atoms with van der Waals surface area (Å²) < 4.78 is 10.1. The number of carbonyl (C=O) groups excluding carboxylic acids is 2. The molecular weight excluding hydrogens is 344 g/mol. The molecule has 0 saturated carbocycles. The minimum atomic E-state index is -0.409. The van der Waals surface area contributed by atoms with E-state index in [1.54, 1.807) is 24.3 Å². The molecule has 6 heteroatoms. The van der Waals surface area contributed by atoms with Crippen LogP contribution in [0, 0.1) is 6.92 Å². The molecule has 0 saturated heterocycles. The molecule has 0 aromatic heterocycles. The molecule has 144 valence electrons. The summed E-state index contributed by atoms with van der Waals surface area (Å²) in [6.45, 7) is 6.20. The van der Waals surface area contributed by atoms with Crippen molar-refractivity contribution in [2.45, 2.75) is 13.8 Å². The van der Waals surface area contributed by atoms with Gasteiger partial charge in [-0.25, -0.2) is 4.79 Å². The zero-order chi connectivity index (χ0) is 19.6. The fourth-order valence-corrected chi connectivity index (χ4v) is 2.63. The van der Waals surface area contributed by atoms with Crippen LogP contribution in [0.2, 0.25) is 0 Å². The zero-order valence-electron chi connectivity index (χ0n) is 16.0. The monoisotopic (exact) mass is 370 g/mol. The normalized spacial score (nSPS) is 10.2. The van der Waals surface area contributed by atoms with Gasteiger partial charge in [0.1, 0.15) is 5.75 Å². The van der Waals surface area contributed by atoms with E-state index in [-0.39, 0.29) is 12.5 Å². The molecule has 27 heavy (non-hydrogen) atoms. The average Bonchev–Trinajstić information content (AvgIpc) is 2.69. The molecule has 0 fully saturated rings. The van der Waals surface area contributed by atoms with Crippen LogP contribution in [0.3, 0.4) is 0 Å². The van der Waals surface area contributed by atoms with Gasteiger partial charge in [-0.3, -0.25) is 4.79 Å². The second-order valence-electron chi connectivity index (χ2n) is 6.07. The highest BCUT2D eigenvalue weighted by atomic mass is 16.5. The third-order valence-electron chi connectivity index (χ3n) is 4.10. The minimum absolute atomic E-state index is 0.0753. The van der Waals surface area contributed by atoms with Gasteiger partial charge in [0, 0.05) is 25.3 Å². The van der Waals surface area contributed by atoms with E-state index in [0.29, 0.717) is 17.9 Å². The number of nitrogens with zero attached hydrogens (tertiary/aromatic N) is 1. The standard InChI is InChI=1S/C21H26N2O4/c1-4-23(18-7-5-6-16(2)14-18)13-12-22-20(24)15-27-19-10-8-17(9-11-19)21(25)26-3/h5-11,14H,4,12-13,15H2,1-3H3,(H,22,24). The van der Waals surface area contributed by atoms with Crippen molar-refractivity contribution in [2.75, 3.05) is 38.3 Å². The summed E-state index contributed by atoms with van der Waals surface area (Å²) in [5, 5.41) is 2.86. The summed E-state index contributed by atoms with van der Waals surface area (Å²) in [5.74, 6) is -0.0755. The molecule has 0 heterocycles. The molecule has 0 aliphatic rings. The maximum Gasteiger partial charge on any atom is 0.337 e. The van der Waals surface area contributed by atoms with E-state index in [9.17, 15) is 9.59 Å². The van der Waals surface area contributed by atoms with Crippen molar-refractivity contribution < 1.29 is 19.1 Å². The molecule has 2 aromatic rings. The van der Waals surface area contributed by atoms with E-state index in [4.69, 9.17) is 4.74 Å². The number of esters is 1. The number of benzene rings is 2. The first kappa shape index (κ1) is 20.3. The van der Waals surface area contributed by atoms with Crippen molar-refractivity contribution >= 4 is 17.6 Å². The Balaban J connectivity index is 1.75. The fourth-order valence-electron chi connectivity index (χ4n) is 2.63. The van der Waals surface area contributed by atoms with Gasteiger partial charge in [0.05, 0.1) is 12.7 Å². The molecule has 1 amide bonds. The van der Waals surface area contributed by atoms with Crippen molar-refractivity contribution in [3.05, 3.63) is 59.7 Å². The lowest BCUT2D eigenvalue weighted by Gasteiger charge is -2.23. The Bertz CT molecular complexity index is 759. The third kappa shape index (κ3) is 6.33. The van der Waals surface area contributed by atoms with Crippen molar-refractivity contribution in [2.24, 2.45) is 0 Å². The SMILES string of the molecule is CCN(CCNC(=O)COc1ccc(C(=O)OC)cc1)c1cccc(C)c1. The van der Waals surface area contributed by atoms with Crippen molar-refractivity contribution in [3.63, 3.8) is 0 Å². The van der Waals surface area contributed by atoms with Crippen LogP contribution in [-0.4, -0.2) is 45.2 Å². The average molecular weight is 370 g/mol. The van der Waals surface area contributed by atoms with Gasteiger partial charge in [0.2, 0.25) is 0 Å². The van der Waals surface area contributed by atoms with Gasteiger partial charge in [0.25, 0.3) is 5.91 Å². The number of hydrogen-bond donors (Lipinski definition) is 1. The molecule has 0 aliphatic heterocycles. The van der Waals surface area contributed by atoms with Crippen LogP contribution in [0.15, 0.2) is 48.5 Å². The van der Waals surface area contributed by atoms with Gasteiger partial charge in [-0.05, 0) is 55.8 Å². The maximum absolute atomic E-state index is 12.0. The largest absolute Gasteiger partial charge is 0.484 e. The number of carbonyl (C=O) groups is 2. The summed E-state index contributed by atoms with van der Waals surface area (Å²) in [6, 6.07) is 14.8. The lowest BCUT2D eigenvalue weighted by atomic mass is 10.2. The van der Waals surface area contributed by atoms with Gasteiger partial charge in [-0.2, -0.15) is 0 Å². The number of likely N-dealkylation sites (N-methyl/N-ethyl adjacent to an activating group) is 1. The van der Waals surface area contributed by atoms with Crippen LogP contribution in [0.4, 0.5) is 5.69 Å². The topological polar surface area (TPSA) is 67.9 Å². The molecule has 1 N–H and O–H groups in total. The molecule has 2 rings (SSSR count). The molecule has 6 nitrogen and oxygen atoms in total. The Morgan fingerprint density at radius 3 is 2.48 bits per heavy atom. The number of methoxy groups -OCH3 is 1. The van der Waals surface area contributed by atoms with Crippen LogP contribution in [-0.2, 0) is 9.53 Å². The van der Waals surface area contributed by atoms with E-state index in [0.717, 1.165) is 18.8 Å². The molecule has 0 bridgehead atoms. The Kier molecular flexibility index (Phi) is 7.67. The molecule has 0 spiro atoms. The highest BCUT2D eigenvalue weighted by Gasteiger charge is 2.08. The summed E-state index contributed by atoms with van der Waals surface area (Å²) in [4.78, 5) is 25.6. The highest BCUT2D eigenvalue weighted by molar-refractivity contribution is 5.89. The maximum atomic E-state index is 12.0. The van der Waals surface area contributed by atoms with Crippen LogP contribution in [0.1, 0.15) is 22.8 Å². The van der Waals surface area contributed by atoms with E-state index in [1.165, 1.54) is 12.7 Å². The smallest absolute Gasteiger partial charge is 0.337 e. The Labute approximate surface area is 160 Å². The van der Waals surface area contributed by atoms with Crippen molar-refractivity contribution in [1.29, 1.82) is 0 Å². The first-order valence-electron chi connectivity index (χ1n) is 8.93. The van der Waals surface area contributed by atoms with E-state index in [2.05, 4.69) is 47.0 Å². The van der Waals surface area contributed by atoms with Crippen LogP contribution in [0.5, 0.6) is 5.75 Å². The number of amides is 1. The van der Waals surface area contributed by atoms with Gasteiger partial charge < -0.3 is 19.7 Å². The molecule has 0 unspecified atom stereocenters. The predicted molar refractivity (Wildman–Crippen MR) is 105 cm³/mol. The second-order valence-corrected chi connectivity index (χ2v) is 6.07. The van der Waals surface area contributed by atoms with Gasteiger partial charge in [-0.1, -0.05) is 12.1 Å². The van der Waals surface area contributed by atoms with Gasteiger partial charge in [0.15, 0.2) is 6.61 Å². The summed E-state index contributed by atoms with van der Waals surface area (Å²) in [7, 11) is 1.33. The van der Waals surface area contributed by atoms with Gasteiger partial charge in [-0.15, -0.1) is 0 Å². The van der Waals surface area contributed by atoms with E-state index in [1.807, 2.05) is 6.07 Å². The Morgan fingerprint density at radius 2 is 1.85 bits per heavy atom. The Morgan fingerprint density at radius 1 is 1.11 bits per heavy atom. The molecule has 0 atom stereocenters. The van der Waals surface area contributed by atoms with Crippen molar-refractivity contribution in [3.8, 4) is 5.75 Å². The number of ether oxygens (including phenoxy) is 2. The lowest BCUT2D eigenvalue weighted by molar-refractivity contribution is -0.123. The summed E-state index contributed by atoms with van der Waals surface area (Å²) in [6.07, 6.45) is 0.